The number of nitrogens with one attached hydrogen (secondary N) is 1. The molecule has 0 spiro atoms. The van der Waals surface area contributed by atoms with Crippen LogP contribution in [0, 0.1) is 6.92 Å². The van der Waals surface area contributed by atoms with Gasteiger partial charge in [-0.25, -0.2) is 4.98 Å². The number of ether oxygens (including phenoxy) is 2. The molecule has 0 aliphatic heterocycles. The second kappa shape index (κ2) is 9.55. The number of alkyl halides is 3. The molecule has 0 aliphatic rings. The third kappa shape index (κ3) is 6.71. The highest BCUT2D eigenvalue weighted by atomic mass is 19.4. The van der Waals surface area contributed by atoms with Gasteiger partial charge in [0, 0.05) is 29.6 Å². The number of hydrogen-bond donors (Lipinski definition) is 1. The zero-order valence-electron chi connectivity index (χ0n) is 17.0. The average molecular weight is 425 g/mol. The highest BCUT2D eigenvalue weighted by molar-refractivity contribution is 5.94. The summed E-state index contributed by atoms with van der Waals surface area (Å²) in [5, 5.41) is 2.78. The third-order valence-electron chi connectivity index (χ3n) is 3.98. The summed E-state index contributed by atoms with van der Waals surface area (Å²) in [6, 6.07) is 4.06. The standard InChI is InChI=1S/C20H22F3N3O4/c1-11-5-14(7-16(25-11)6-12(2)27)18(28)26-13(3)15-8-17(29-4)19(24-9-15)30-10-20(21,22)23/h5,7-9,13H,6,10H2,1-4H3,(H,26,28). The first-order chi connectivity index (χ1) is 14.0. The van der Waals surface area contributed by atoms with E-state index < -0.39 is 24.7 Å². The number of carbonyl (C=O) groups excluding carboxylic acids is 2. The summed E-state index contributed by atoms with van der Waals surface area (Å²) < 4.78 is 46.8. The molecule has 2 rings (SSSR count). The lowest BCUT2D eigenvalue weighted by atomic mass is 10.1. The summed E-state index contributed by atoms with van der Waals surface area (Å²) >= 11 is 0. The highest BCUT2D eigenvalue weighted by Crippen LogP contribution is 2.29. The minimum Gasteiger partial charge on any atom is -0.491 e. The Kier molecular flexibility index (Phi) is 7.36. The molecule has 0 bridgehead atoms. The molecule has 0 fully saturated rings. The van der Waals surface area contributed by atoms with Crippen molar-refractivity contribution < 1.29 is 32.2 Å². The van der Waals surface area contributed by atoms with Crippen molar-refractivity contribution in [2.75, 3.05) is 13.7 Å². The van der Waals surface area contributed by atoms with Gasteiger partial charge in [-0.15, -0.1) is 0 Å². The molecule has 1 amide bonds. The van der Waals surface area contributed by atoms with Crippen molar-refractivity contribution in [2.24, 2.45) is 0 Å². The van der Waals surface area contributed by atoms with Gasteiger partial charge in [-0.05, 0) is 44.5 Å². The molecule has 0 aliphatic carbocycles. The van der Waals surface area contributed by atoms with Crippen LogP contribution in [0.3, 0.4) is 0 Å². The highest BCUT2D eigenvalue weighted by Gasteiger charge is 2.29. The molecule has 2 aromatic heterocycles. The Balaban J connectivity index is 2.15. The van der Waals surface area contributed by atoms with Gasteiger partial charge in [-0.2, -0.15) is 13.2 Å². The van der Waals surface area contributed by atoms with Crippen LogP contribution in [0.5, 0.6) is 11.6 Å². The first kappa shape index (κ1) is 23.1. The van der Waals surface area contributed by atoms with Crippen LogP contribution in [0.4, 0.5) is 13.2 Å². The van der Waals surface area contributed by atoms with Crippen LogP contribution in [0.25, 0.3) is 0 Å². The van der Waals surface area contributed by atoms with E-state index in [4.69, 9.17) is 4.74 Å². The van der Waals surface area contributed by atoms with Crippen LogP contribution in [0.2, 0.25) is 0 Å². The second-order valence-corrected chi connectivity index (χ2v) is 6.74. The number of aryl methyl sites for hydroxylation is 1. The maximum atomic E-state index is 12.6. The minimum atomic E-state index is -4.50. The molecule has 30 heavy (non-hydrogen) atoms. The Hall–Kier alpha value is -3.17. The van der Waals surface area contributed by atoms with Gasteiger partial charge >= 0.3 is 6.18 Å². The summed E-state index contributed by atoms with van der Waals surface area (Å²) in [5.74, 6) is -0.745. The fourth-order valence-corrected chi connectivity index (χ4v) is 2.67. The molecule has 1 unspecified atom stereocenters. The normalized spacial score (nSPS) is 12.2. The Morgan fingerprint density at radius 3 is 2.53 bits per heavy atom. The monoisotopic (exact) mass is 425 g/mol. The number of pyridine rings is 2. The lowest BCUT2D eigenvalue weighted by Crippen LogP contribution is -2.27. The van der Waals surface area contributed by atoms with Crippen LogP contribution in [0.1, 0.15) is 47.2 Å². The Labute approximate surface area is 171 Å². The number of amides is 1. The summed E-state index contributed by atoms with van der Waals surface area (Å²) in [5.41, 5.74) is 1.95. The second-order valence-electron chi connectivity index (χ2n) is 6.74. The Bertz CT molecular complexity index is 932. The largest absolute Gasteiger partial charge is 0.491 e. The van der Waals surface area contributed by atoms with Gasteiger partial charge in [0.25, 0.3) is 11.8 Å². The molecule has 2 aromatic rings. The van der Waals surface area contributed by atoms with Crippen LogP contribution in [-0.2, 0) is 11.2 Å². The number of carbonyl (C=O) groups is 2. The van der Waals surface area contributed by atoms with Crippen molar-refractivity contribution in [3.8, 4) is 11.6 Å². The van der Waals surface area contributed by atoms with E-state index in [0.717, 1.165) is 0 Å². The van der Waals surface area contributed by atoms with Gasteiger partial charge in [0.1, 0.15) is 5.78 Å². The van der Waals surface area contributed by atoms with Crippen molar-refractivity contribution in [3.63, 3.8) is 0 Å². The number of halogens is 3. The van der Waals surface area contributed by atoms with Gasteiger partial charge < -0.3 is 14.8 Å². The summed E-state index contributed by atoms with van der Waals surface area (Å²) in [6.45, 7) is 3.35. The maximum Gasteiger partial charge on any atom is 0.422 e. The minimum absolute atomic E-state index is 0.0151. The fourth-order valence-electron chi connectivity index (χ4n) is 2.67. The van der Waals surface area contributed by atoms with Crippen LogP contribution < -0.4 is 14.8 Å². The molecular formula is C20H22F3N3O4. The molecule has 0 radical (unpaired) electrons. The predicted octanol–water partition coefficient (Wildman–Crippen LogP) is 3.36. The molecule has 1 atom stereocenters. The van der Waals surface area contributed by atoms with E-state index in [1.54, 1.807) is 26.0 Å². The van der Waals surface area contributed by atoms with E-state index in [-0.39, 0.29) is 23.8 Å². The zero-order valence-corrected chi connectivity index (χ0v) is 17.0. The molecule has 0 saturated heterocycles. The topological polar surface area (TPSA) is 90.4 Å². The first-order valence-corrected chi connectivity index (χ1v) is 9.00. The molecule has 1 N–H and O–H groups in total. The summed E-state index contributed by atoms with van der Waals surface area (Å²) in [6.07, 6.45) is -3.08. The number of aromatic nitrogens is 2. The van der Waals surface area contributed by atoms with E-state index in [1.807, 2.05) is 0 Å². The van der Waals surface area contributed by atoms with Crippen molar-refractivity contribution in [3.05, 3.63) is 46.9 Å². The molecular weight excluding hydrogens is 403 g/mol. The van der Waals surface area contributed by atoms with Gasteiger partial charge in [-0.3, -0.25) is 14.6 Å². The fraction of sp³-hybridized carbons (Fsp3) is 0.400. The molecule has 0 aromatic carbocycles. The molecule has 7 nitrogen and oxygen atoms in total. The number of hydrogen-bond acceptors (Lipinski definition) is 6. The van der Waals surface area contributed by atoms with E-state index in [1.165, 1.54) is 26.3 Å². The van der Waals surface area contributed by atoms with Gasteiger partial charge in [0.05, 0.1) is 13.2 Å². The SMILES string of the molecule is COc1cc(C(C)NC(=O)c2cc(C)nc(CC(C)=O)c2)cnc1OCC(F)(F)F. The summed E-state index contributed by atoms with van der Waals surface area (Å²) in [7, 11) is 1.28. The molecule has 2 heterocycles. The maximum absolute atomic E-state index is 12.6. The van der Waals surface area contributed by atoms with Crippen molar-refractivity contribution in [1.29, 1.82) is 0 Å². The Morgan fingerprint density at radius 1 is 1.23 bits per heavy atom. The van der Waals surface area contributed by atoms with Crippen LogP contribution >= 0.6 is 0 Å². The molecule has 0 saturated carbocycles. The van der Waals surface area contributed by atoms with E-state index in [9.17, 15) is 22.8 Å². The lowest BCUT2D eigenvalue weighted by molar-refractivity contribution is -0.154. The number of ketones is 1. The molecule has 162 valence electrons. The first-order valence-electron chi connectivity index (χ1n) is 9.00. The average Bonchev–Trinajstić information content (AvgIpc) is 2.64. The number of Topliss-reactive ketones (excluding diaryl/α,β-unsaturated/α-hetero) is 1. The van der Waals surface area contributed by atoms with E-state index in [0.29, 0.717) is 22.5 Å². The Morgan fingerprint density at radius 2 is 1.93 bits per heavy atom. The van der Waals surface area contributed by atoms with Crippen LogP contribution in [-0.4, -0.2) is 41.6 Å². The zero-order chi connectivity index (χ0) is 22.5. The predicted molar refractivity (Wildman–Crippen MR) is 102 cm³/mol. The lowest BCUT2D eigenvalue weighted by Gasteiger charge is -2.17. The van der Waals surface area contributed by atoms with Gasteiger partial charge in [-0.1, -0.05) is 0 Å². The smallest absolute Gasteiger partial charge is 0.422 e. The van der Waals surface area contributed by atoms with Gasteiger partial charge in [0.15, 0.2) is 12.4 Å². The quantitative estimate of drug-likeness (QED) is 0.698. The third-order valence-corrected chi connectivity index (χ3v) is 3.98. The van der Waals surface area contributed by atoms with E-state index >= 15 is 0 Å². The van der Waals surface area contributed by atoms with Crippen LogP contribution in [0.15, 0.2) is 24.4 Å². The van der Waals surface area contributed by atoms with Crippen molar-refractivity contribution in [1.82, 2.24) is 15.3 Å². The van der Waals surface area contributed by atoms with Crippen molar-refractivity contribution in [2.45, 2.75) is 39.4 Å². The molecule has 10 heteroatoms. The summed E-state index contributed by atoms with van der Waals surface area (Å²) in [4.78, 5) is 32.1. The van der Waals surface area contributed by atoms with Gasteiger partial charge in [0.2, 0.25) is 0 Å². The van der Waals surface area contributed by atoms with Crippen molar-refractivity contribution >= 4 is 11.7 Å². The number of nitrogens with zero attached hydrogens (tertiary/aromatic N) is 2. The van der Waals surface area contributed by atoms with E-state index in [2.05, 4.69) is 20.0 Å². The number of methoxy groups -OCH3 is 1. The number of rotatable bonds is 8.